The summed E-state index contributed by atoms with van der Waals surface area (Å²) in [5.41, 5.74) is 1.43. The van der Waals surface area contributed by atoms with Gasteiger partial charge in [0.1, 0.15) is 23.1 Å². The summed E-state index contributed by atoms with van der Waals surface area (Å²) in [5, 5.41) is 5.75. The Morgan fingerprint density at radius 2 is 1.89 bits per heavy atom. The molecule has 0 fully saturated rings. The molecule has 3 rings (SSSR count). The van der Waals surface area contributed by atoms with E-state index in [0.29, 0.717) is 34.3 Å². The van der Waals surface area contributed by atoms with Gasteiger partial charge in [-0.2, -0.15) is 0 Å². The van der Waals surface area contributed by atoms with Crippen molar-refractivity contribution in [1.82, 2.24) is 4.98 Å². The van der Waals surface area contributed by atoms with Gasteiger partial charge in [-0.25, -0.2) is 9.37 Å². The number of ether oxygens (including phenoxy) is 2. The lowest BCUT2D eigenvalue weighted by Gasteiger charge is -2.12. The van der Waals surface area contributed by atoms with E-state index in [4.69, 9.17) is 9.47 Å². The van der Waals surface area contributed by atoms with Crippen molar-refractivity contribution in [3.63, 3.8) is 0 Å². The Labute approximate surface area is 156 Å². The molecule has 1 amide bonds. The molecular formula is C20H18FN3O3. The molecule has 0 atom stereocenters. The molecule has 27 heavy (non-hydrogen) atoms. The lowest BCUT2D eigenvalue weighted by Crippen LogP contribution is -2.13. The maximum absolute atomic E-state index is 13.2. The number of pyridine rings is 1. The van der Waals surface area contributed by atoms with Crippen LogP contribution in [0.1, 0.15) is 10.4 Å². The van der Waals surface area contributed by atoms with Gasteiger partial charge in [-0.3, -0.25) is 4.79 Å². The first-order chi connectivity index (χ1) is 13.1. The number of anilines is 3. The average Bonchev–Trinajstić information content (AvgIpc) is 2.68. The van der Waals surface area contributed by atoms with Crippen LogP contribution in [0.25, 0.3) is 0 Å². The Hall–Kier alpha value is -3.61. The van der Waals surface area contributed by atoms with E-state index in [0.717, 1.165) is 0 Å². The number of hydrogen-bond acceptors (Lipinski definition) is 5. The number of halogens is 1. The summed E-state index contributed by atoms with van der Waals surface area (Å²) in [6.45, 7) is 0. The second kappa shape index (κ2) is 8.18. The minimum atomic E-state index is -0.344. The Morgan fingerprint density at radius 3 is 2.56 bits per heavy atom. The molecule has 3 aromatic rings. The van der Waals surface area contributed by atoms with E-state index in [-0.39, 0.29) is 11.7 Å². The largest absolute Gasteiger partial charge is 0.497 e. The molecule has 0 saturated carbocycles. The quantitative estimate of drug-likeness (QED) is 0.682. The maximum atomic E-state index is 13.2. The predicted molar refractivity (Wildman–Crippen MR) is 101 cm³/mol. The number of nitrogens with zero attached hydrogens (tertiary/aromatic N) is 1. The Balaban J connectivity index is 1.72. The summed E-state index contributed by atoms with van der Waals surface area (Å²) in [4.78, 5) is 16.7. The number of benzene rings is 2. The highest BCUT2D eigenvalue weighted by Crippen LogP contribution is 2.29. The first-order valence-corrected chi connectivity index (χ1v) is 8.11. The fourth-order valence-corrected chi connectivity index (χ4v) is 2.42. The molecule has 1 heterocycles. The van der Waals surface area contributed by atoms with E-state index in [2.05, 4.69) is 15.6 Å². The fraction of sp³-hybridized carbons (Fsp3) is 0.100. The van der Waals surface area contributed by atoms with Gasteiger partial charge >= 0.3 is 0 Å². The van der Waals surface area contributed by atoms with Crippen LogP contribution in [0.4, 0.5) is 21.6 Å². The van der Waals surface area contributed by atoms with Gasteiger partial charge in [-0.05, 0) is 42.5 Å². The van der Waals surface area contributed by atoms with Crippen LogP contribution in [0.15, 0.2) is 60.8 Å². The molecule has 0 aliphatic heterocycles. The van der Waals surface area contributed by atoms with E-state index >= 15 is 0 Å². The molecule has 2 aromatic carbocycles. The molecule has 0 spiro atoms. The molecule has 138 valence electrons. The molecule has 7 heteroatoms. The highest BCUT2D eigenvalue weighted by atomic mass is 19.1. The van der Waals surface area contributed by atoms with Crippen LogP contribution in [0.3, 0.4) is 0 Å². The van der Waals surface area contributed by atoms with Crippen molar-refractivity contribution < 1.29 is 18.7 Å². The van der Waals surface area contributed by atoms with Crippen LogP contribution in [-0.2, 0) is 0 Å². The Kier molecular flexibility index (Phi) is 5.51. The van der Waals surface area contributed by atoms with Gasteiger partial charge in [0.2, 0.25) is 0 Å². The van der Waals surface area contributed by atoms with Crippen molar-refractivity contribution in [2.45, 2.75) is 0 Å². The summed E-state index contributed by atoms with van der Waals surface area (Å²) in [5.74, 6) is 0.922. The molecule has 0 saturated heterocycles. The highest BCUT2D eigenvalue weighted by Gasteiger charge is 2.11. The van der Waals surface area contributed by atoms with Crippen molar-refractivity contribution in [2.75, 3.05) is 24.9 Å². The lowest BCUT2D eigenvalue weighted by atomic mass is 10.2. The number of carbonyl (C=O) groups excluding carboxylic acids is 1. The van der Waals surface area contributed by atoms with Gasteiger partial charge in [0.05, 0.1) is 25.5 Å². The molecule has 0 aliphatic rings. The van der Waals surface area contributed by atoms with Gasteiger partial charge in [0.25, 0.3) is 5.91 Å². The zero-order chi connectivity index (χ0) is 19.2. The highest BCUT2D eigenvalue weighted by molar-refractivity contribution is 6.05. The van der Waals surface area contributed by atoms with Crippen LogP contribution in [0.2, 0.25) is 0 Å². The van der Waals surface area contributed by atoms with Gasteiger partial charge in [0.15, 0.2) is 0 Å². The fourth-order valence-electron chi connectivity index (χ4n) is 2.42. The molecule has 6 nitrogen and oxygen atoms in total. The molecule has 1 aromatic heterocycles. The first-order valence-electron chi connectivity index (χ1n) is 8.11. The number of aromatic nitrogens is 1. The molecular weight excluding hydrogens is 349 g/mol. The zero-order valence-electron chi connectivity index (χ0n) is 14.8. The maximum Gasteiger partial charge on any atom is 0.257 e. The van der Waals surface area contributed by atoms with E-state index in [1.165, 1.54) is 25.4 Å². The third-order valence-electron chi connectivity index (χ3n) is 3.78. The average molecular weight is 367 g/mol. The number of amides is 1. The molecule has 2 N–H and O–H groups in total. The van der Waals surface area contributed by atoms with E-state index in [1.807, 2.05) is 0 Å². The van der Waals surface area contributed by atoms with Gasteiger partial charge < -0.3 is 20.1 Å². The van der Waals surface area contributed by atoms with Crippen molar-refractivity contribution in [3.8, 4) is 11.5 Å². The summed E-state index contributed by atoms with van der Waals surface area (Å²) in [6, 6.07) is 14.4. The summed E-state index contributed by atoms with van der Waals surface area (Å²) in [7, 11) is 3.06. The minimum absolute atomic E-state index is 0.341. The standard InChI is InChI=1S/C20H18FN3O3/c1-26-16-7-8-18(27-2)17(11-16)24-20(25)13-6-9-19(22-12-13)23-15-5-3-4-14(21)10-15/h3-12H,1-2H3,(H,22,23)(H,24,25). The number of carbonyl (C=O) groups is 1. The molecule has 0 bridgehead atoms. The van der Waals surface area contributed by atoms with Gasteiger partial charge in [-0.1, -0.05) is 6.07 Å². The second-order valence-corrected chi connectivity index (χ2v) is 5.59. The third-order valence-corrected chi connectivity index (χ3v) is 3.78. The Morgan fingerprint density at radius 1 is 1.04 bits per heavy atom. The van der Waals surface area contributed by atoms with Crippen LogP contribution in [0.5, 0.6) is 11.5 Å². The van der Waals surface area contributed by atoms with Crippen LogP contribution in [0, 0.1) is 5.82 Å². The molecule has 0 unspecified atom stereocenters. The zero-order valence-corrected chi connectivity index (χ0v) is 14.8. The van der Waals surface area contributed by atoms with Gasteiger partial charge in [-0.15, -0.1) is 0 Å². The lowest BCUT2D eigenvalue weighted by molar-refractivity contribution is 0.102. The second-order valence-electron chi connectivity index (χ2n) is 5.59. The molecule has 0 radical (unpaired) electrons. The normalized spacial score (nSPS) is 10.2. The molecule has 0 aliphatic carbocycles. The number of rotatable bonds is 6. The topological polar surface area (TPSA) is 72.5 Å². The van der Waals surface area contributed by atoms with Crippen LogP contribution >= 0.6 is 0 Å². The van der Waals surface area contributed by atoms with E-state index in [1.54, 1.807) is 49.6 Å². The predicted octanol–water partition coefficient (Wildman–Crippen LogP) is 4.23. The summed E-state index contributed by atoms with van der Waals surface area (Å²) >= 11 is 0. The number of nitrogens with one attached hydrogen (secondary N) is 2. The van der Waals surface area contributed by atoms with Gasteiger partial charge in [0, 0.05) is 18.0 Å². The van der Waals surface area contributed by atoms with Crippen LogP contribution in [-0.4, -0.2) is 25.1 Å². The van der Waals surface area contributed by atoms with Crippen molar-refractivity contribution in [2.24, 2.45) is 0 Å². The Bertz CT molecular complexity index is 945. The van der Waals surface area contributed by atoms with Crippen molar-refractivity contribution >= 4 is 23.1 Å². The van der Waals surface area contributed by atoms with Crippen LogP contribution < -0.4 is 20.1 Å². The SMILES string of the molecule is COc1ccc(OC)c(NC(=O)c2ccc(Nc3cccc(F)c3)nc2)c1. The number of hydrogen-bond donors (Lipinski definition) is 2. The first kappa shape index (κ1) is 18.2. The summed E-state index contributed by atoms with van der Waals surface area (Å²) < 4.78 is 23.6. The smallest absolute Gasteiger partial charge is 0.257 e. The van der Waals surface area contributed by atoms with E-state index in [9.17, 15) is 9.18 Å². The van der Waals surface area contributed by atoms with E-state index < -0.39 is 0 Å². The van der Waals surface area contributed by atoms with Crippen molar-refractivity contribution in [3.05, 3.63) is 72.2 Å². The third kappa shape index (κ3) is 4.52. The number of methoxy groups -OCH3 is 2. The van der Waals surface area contributed by atoms with Crippen molar-refractivity contribution in [1.29, 1.82) is 0 Å². The minimum Gasteiger partial charge on any atom is -0.497 e. The monoisotopic (exact) mass is 367 g/mol. The summed E-state index contributed by atoms with van der Waals surface area (Å²) in [6.07, 6.45) is 1.43.